The Hall–Kier alpha value is -4.52. The average Bonchev–Trinajstić information content (AvgIpc) is 3.32. The molecule has 2 heterocycles. The van der Waals surface area contributed by atoms with Crippen LogP contribution in [0.4, 0.5) is 0 Å². The van der Waals surface area contributed by atoms with Crippen LogP contribution >= 0.6 is 0 Å². The monoisotopic (exact) mass is 482 g/mol. The van der Waals surface area contributed by atoms with Gasteiger partial charge in [-0.05, 0) is 36.8 Å². The maximum Gasteiger partial charge on any atom is 0.287 e. The van der Waals surface area contributed by atoms with E-state index in [-0.39, 0.29) is 23.7 Å². The van der Waals surface area contributed by atoms with Crippen LogP contribution in [0.25, 0.3) is 21.9 Å². The van der Waals surface area contributed by atoms with Crippen molar-refractivity contribution in [3.8, 4) is 11.5 Å². The lowest BCUT2D eigenvalue weighted by Crippen LogP contribution is -2.29. The fourth-order valence-corrected chi connectivity index (χ4v) is 4.62. The second-order valence-corrected chi connectivity index (χ2v) is 8.61. The summed E-state index contributed by atoms with van der Waals surface area (Å²) in [6.45, 7) is 2.14. The lowest BCUT2D eigenvalue weighted by molar-refractivity contribution is 0.0925. The topological polar surface area (TPSA) is 93.6 Å². The number of fused-ring (bicyclic) bond motifs is 2. The molecule has 1 atom stereocenters. The van der Waals surface area contributed by atoms with Crippen LogP contribution in [0.2, 0.25) is 0 Å². The zero-order valence-corrected chi connectivity index (χ0v) is 20.3. The molecule has 5 aromatic rings. The van der Waals surface area contributed by atoms with Gasteiger partial charge in [0.05, 0.1) is 19.6 Å². The summed E-state index contributed by atoms with van der Waals surface area (Å²) in [5.74, 6) is 0.414. The van der Waals surface area contributed by atoms with E-state index in [0.29, 0.717) is 22.5 Å². The summed E-state index contributed by atoms with van der Waals surface area (Å²) in [5.41, 5.74) is 3.90. The quantitative estimate of drug-likeness (QED) is 0.334. The van der Waals surface area contributed by atoms with Crippen LogP contribution in [-0.4, -0.2) is 31.7 Å². The minimum Gasteiger partial charge on any atom is -0.493 e. The number of benzene rings is 3. The van der Waals surface area contributed by atoms with Gasteiger partial charge in [0.15, 0.2) is 22.7 Å². The fraction of sp³-hybridized carbons (Fsp3) is 0.172. The third-order valence-electron chi connectivity index (χ3n) is 6.38. The molecule has 7 nitrogen and oxygen atoms in total. The summed E-state index contributed by atoms with van der Waals surface area (Å²) in [6.07, 6.45) is 1.94. The molecule has 2 aromatic heterocycles. The number of nitrogens with one attached hydrogen (secondary N) is 2. The maximum absolute atomic E-state index is 13.1. The SMILES string of the molecule is COc1cccc(C(CNC(=O)c2cc(=O)c3cc(C)ccc3o2)c2c[nH]c3ccccc23)c1OC. The number of carbonyl (C=O) groups excluding carboxylic acids is 1. The summed E-state index contributed by atoms with van der Waals surface area (Å²) in [7, 11) is 3.19. The molecule has 0 bridgehead atoms. The number of aromatic nitrogens is 1. The molecular formula is C29H26N2O5. The van der Waals surface area contributed by atoms with Gasteiger partial charge < -0.3 is 24.2 Å². The van der Waals surface area contributed by atoms with Gasteiger partial charge in [0.1, 0.15) is 5.58 Å². The van der Waals surface area contributed by atoms with E-state index in [4.69, 9.17) is 13.9 Å². The number of para-hydroxylation sites is 2. The lowest BCUT2D eigenvalue weighted by atomic mass is 9.89. The molecule has 5 rings (SSSR count). The zero-order chi connectivity index (χ0) is 25.2. The lowest BCUT2D eigenvalue weighted by Gasteiger charge is -2.22. The predicted octanol–water partition coefficient (Wildman–Crippen LogP) is 5.16. The van der Waals surface area contributed by atoms with Crippen LogP contribution in [0.1, 0.15) is 33.2 Å². The summed E-state index contributed by atoms with van der Waals surface area (Å²) < 4.78 is 17.0. The summed E-state index contributed by atoms with van der Waals surface area (Å²) >= 11 is 0. The molecule has 2 N–H and O–H groups in total. The molecule has 0 spiro atoms. The van der Waals surface area contributed by atoms with E-state index in [2.05, 4.69) is 10.3 Å². The molecule has 0 aliphatic carbocycles. The molecule has 0 saturated carbocycles. The van der Waals surface area contributed by atoms with Gasteiger partial charge in [-0.2, -0.15) is 0 Å². The highest BCUT2D eigenvalue weighted by molar-refractivity contribution is 5.93. The van der Waals surface area contributed by atoms with Crippen LogP contribution in [0.15, 0.2) is 82.1 Å². The summed E-state index contributed by atoms with van der Waals surface area (Å²) in [4.78, 5) is 29.1. The van der Waals surface area contributed by atoms with Crippen LogP contribution < -0.4 is 20.2 Å². The van der Waals surface area contributed by atoms with Gasteiger partial charge in [-0.3, -0.25) is 9.59 Å². The number of hydrogen-bond acceptors (Lipinski definition) is 5. The van der Waals surface area contributed by atoms with Crippen molar-refractivity contribution < 1.29 is 18.7 Å². The van der Waals surface area contributed by atoms with Gasteiger partial charge in [0.25, 0.3) is 5.91 Å². The molecule has 7 heteroatoms. The standard InChI is InChI=1S/C29H26N2O5/c1-17-11-12-25-20(13-17)24(32)14-27(36-25)29(33)31-16-22(19-8-6-10-26(34-2)28(19)35-3)21-15-30-23-9-5-4-7-18(21)23/h4-15,22,30H,16H2,1-3H3,(H,31,33). The Morgan fingerprint density at radius 3 is 2.61 bits per heavy atom. The van der Waals surface area contributed by atoms with Gasteiger partial charge >= 0.3 is 0 Å². The van der Waals surface area contributed by atoms with Crippen molar-refractivity contribution in [3.05, 3.63) is 106 Å². The number of aromatic amines is 1. The van der Waals surface area contributed by atoms with Crippen molar-refractivity contribution in [1.29, 1.82) is 0 Å². The number of rotatable bonds is 7. The largest absolute Gasteiger partial charge is 0.493 e. The molecule has 0 saturated heterocycles. The van der Waals surface area contributed by atoms with Crippen molar-refractivity contribution >= 4 is 27.8 Å². The highest BCUT2D eigenvalue weighted by atomic mass is 16.5. The smallest absolute Gasteiger partial charge is 0.287 e. The van der Waals surface area contributed by atoms with Crippen molar-refractivity contribution in [2.75, 3.05) is 20.8 Å². The Morgan fingerprint density at radius 2 is 1.81 bits per heavy atom. The molecule has 1 amide bonds. The van der Waals surface area contributed by atoms with Gasteiger partial charge in [0.2, 0.25) is 0 Å². The van der Waals surface area contributed by atoms with Crippen molar-refractivity contribution in [1.82, 2.24) is 10.3 Å². The minimum atomic E-state index is -0.471. The molecule has 0 aliphatic heterocycles. The zero-order valence-electron chi connectivity index (χ0n) is 20.3. The van der Waals surface area contributed by atoms with Crippen molar-refractivity contribution in [3.63, 3.8) is 0 Å². The van der Waals surface area contributed by atoms with Crippen LogP contribution in [0.3, 0.4) is 0 Å². The molecule has 0 radical (unpaired) electrons. The van der Waals surface area contributed by atoms with Gasteiger partial charge in [-0.1, -0.05) is 42.0 Å². The van der Waals surface area contributed by atoms with Gasteiger partial charge in [-0.25, -0.2) is 0 Å². The number of H-pyrrole nitrogens is 1. The third kappa shape index (κ3) is 4.20. The number of hydrogen-bond donors (Lipinski definition) is 2. The average molecular weight is 483 g/mol. The Labute approximate surface area is 207 Å². The molecule has 3 aromatic carbocycles. The Morgan fingerprint density at radius 1 is 0.972 bits per heavy atom. The minimum absolute atomic E-state index is 0.0355. The number of aryl methyl sites for hydroxylation is 1. The number of amides is 1. The van der Waals surface area contributed by atoms with Crippen LogP contribution in [-0.2, 0) is 0 Å². The number of ether oxygens (including phenoxy) is 2. The van der Waals surface area contributed by atoms with E-state index >= 15 is 0 Å². The first-order valence-corrected chi connectivity index (χ1v) is 11.6. The van der Waals surface area contributed by atoms with E-state index in [1.54, 1.807) is 26.4 Å². The van der Waals surface area contributed by atoms with Gasteiger partial charge in [0, 0.05) is 41.2 Å². The maximum atomic E-state index is 13.1. The Kier molecular flexibility index (Phi) is 6.21. The van der Waals surface area contributed by atoms with Gasteiger partial charge in [-0.15, -0.1) is 0 Å². The van der Waals surface area contributed by atoms with E-state index in [1.807, 2.05) is 61.7 Å². The molecule has 1 unspecified atom stereocenters. The highest BCUT2D eigenvalue weighted by Crippen LogP contribution is 2.40. The molecule has 0 aliphatic rings. The first-order valence-electron chi connectivity index (χ1n) is 11.6. The first kappa shape index (κ1) is 23.2. The second-order valence-electron chi connectivity index (χ2n) is 8.61. The predicted molar refractivity (Wildman–Crippen MR) is 139 cm³/mol. The molecule has 0 fully saturated rings. The first-order chi connectivity index (χ1) is 17.5. The van der Waals surface area contributed by atoms with Crippen LogP contribution in [0, 0.1) is 6.92 Å². The Balaban J connectivity index is 1.53. The highest BCUT2D eigenvalue weighted by Gasteiger charge is 2.25. The molecule has 182 valence electrons. The normalized spacial score (nSPS) is 12.0. The van der Waals surface area contributed by atoms with E-state index in [0.717, 1.165) is 27.6 Å². The molecule has 36 heavy (non-hydrogen) atoms. The Bertz CT molecular complexity index is 1630. The van der Waals surface area contributed by atoms with Crippen molar-refractivity contribution in [2.45, 2.75) is 12.8 Å². The third-order valence-corrected chi connectivity index (χ3v) is 6.38. The molecular weight excluding hydrogens is 456 g/mol. The number of methoxy groups -OCH3 is 2. The fourth-order valence-electron chi connectivity index (χ4n) is 4.62. The van der Waals surface area contributed by atoms with Crippen LogP contribution in [0.5, 0.6) is 11.5 Å². The summed E-state index contributed by atoms with van der Waals surface area (Å²) in [6, 6.07) is 20.2. The van der Waals surface area contributed by atoms with E-state index in [1.165, 1.54) is 6.07 Å². The van der Waals surface area contributed by atoms with E-state index < -0.39 is 5.91 Å². The second kappa shape index (κ2) is 9.62. The number of carbonyl (C=O) groups is 1. The van der Waals surface area contributed by atoms with Crippen molar-refractivity contribution in [2.24, 2.45) is 0 Å². The summed E-state index contributed by atoms with van der Waals surface area (Å²) in [5, 5.41) is 4.45. The van der Waals surface area contributed by atoms with E-state index in [9.17, 15) is 9.59 Å².